The monoisotopic (exact) mass is 308 g/mol. The van der Waals surface area contributed by atoms with Crippen LogP contribution in [0, 0.1) is 0 Å². The molecule has 0 aliphatic rings. The molecule has 0 fully saturated rings. The highest BCUT2D eigenvalue weighted by Crippen LogP contribution is 2.38. The van der Waals surface area contributed by atoms with Crippen molar-refractivity contribution in [2.24, 2.45) is 0 Å². The molecule has 3 aromatic rings. The molecule has 0 radical (unpaired) electrons. The molecule has 0 N–H and O–H groups in total. The van der Waals surface area contributed by atoms with Crippen molar-refractivity contribution in [1.29, 1.82) is 0 Å². The van der Waals surface area contributed by atoms with Gasteiger partial charge in [-0.3, -0.25) is 0 Å². The topological polar surface area (TPSA) is 9.23 Å². The lowest BCUT2D eigenvalue weighted by Crippen LogP contribution is -1.97. The Morgan fingerprint density at radius 1 is 0.818 bits per heavy atom. The Morgan fingerprint density at radius 3 is 2.45 bits per heavy atom. The predicted octanol–water partition coefficient (Wildman–Crippen LogP) is 6.17. The summed E-state index contributed by atoms with van der Waals surface area (Å²) in [5, 5.41) is 2.57. The largest absolute Gasteiger partial charge is 0.492 e. The summed E-state index contributed by atoms with van der Waals surface area (Å²) in [5.41, 5.74) is 0. The summed E-state index contributed by atoms with van der Waals surface area (Å²) in [6, 6.07) is 23.3. The van der Waals surface area contributed by atoms with E-state index in [0.717, 1.165) is 25.2 Å². The first-order valence-corrected chi connectivity index (χ1v) is 8.57. The molecule has 0 aliphatic carbocycles. The van der Waals surface area contributed by atoms with E-state index in [1.54, 1.807) is 11.8 Å². The summed E-state index contributed by atoms with van der Waals surface area (Å²) in [6.45, 7) is 2.96. The van der Waals surface area contributed by atoms with Gasteiger partial charge in [0.1, 0.15) is 5.75 Å². The predicted molar refractivity (Wildman–Crippen MR) is 94.9 cm³/mol. The molecule has 0 amide bonds. The van der Waals surface area contributed by atoms with Crippen LogP contribution in [0.2, 0.25) is 0 Å². The van der Waals surface area contributed by atoms with E-state index < -0.39 is 0 Å². The van der Waals surface area contributed by atoms with Crippen LogP contribution in [0.15, 0.2) is 76.5 Å². The molecule has 0 bridgehead atoms. The van der Waals surface area contributed by atoms with E-state index in [4.69, 9.17) is 4.74 Å². The van der Waals surface area contributed by atoms with E-state index in [-0.39, 0.29) is 0 Å². The van der Waals surface area contributed by atoms with Gasteiger partial charge in [0, 0.05) is 4.90 Å². The fourth-order valence-electron chi connectivity index (χ4n) is 2.38. The summed E-state index contributed by atoms with van der Waals surface area (Å²) in [6.07, 6.45) is 2.24. The van der Waals surface area contributed by atoms with Gasteiger partial charge in [-0.1, -0.05) is 73.6 Å². The highest BCUT2D eigenvalue weighted by atomic mass is 32.2. The second kappa shape index (κ2) is 7.37. The lowest BCUT2D eigenvalue weighted by atomic mass is 10.1. The Morgan fingerprint density at radius 2 is 1.55 bits per heavy atom. The lowest BCUT2D eigenvalue weighted by Gasteiger charge is -2.12. The Labute approximate surface area is 136 Å². The highest BCUT2D eigenvalue weighted by molar-refractivity contribution is 7.99. The SMILES string of the molecule is CCCCOc1ccccc1Sc1cccc2ccccc12. The number of hydrogen-bond acceptors (Lipinski definition) is 2. The van der Waals surface area contributed by atoms with Gasteiger partial charge in [-0.05, 0) is 35.4 Å². The van der Waals surface area contributed by atoms with Crippen molar-refractivity contribution in [2.45, 2.75) is 29.6 Å². The maximum atomic E-state index is 5.94. The molecule has 0 atom stereocenters. The fraction of sp³-hybridized carbons (Fsp3) is 0.200. The van der Waals surface area contributed by atoms with Gasteiger partial charge in [-0.2, -0.15) is 0 Å². The number of ether oxygens (including phenoxy) is 1. The first-order valence-electron chi connectivity index (χ1n) is 7.76. The van der Waals surface area contributed by atoms with E-state index in [0.29, 0.717) is 0 Å². The Balaban J connectivity index is 1.89. The zero-order chi connectivity index (χ0) is 15.2. The number of unbranched alkanes of at least 4 members (excludes halogenated alkanes) is 1. The molecule has 0 aromatic heterocycles. The third kappa shape index (κ3) is 3.45. The lowest BCUT2D eigenvalue weighted by molar-refractivity contribution is 0.302. The van der Waals surface area contributed by atoms with Crippen LogP contribution in [-0.2, 0) is 0 Å². The minimum atomic E-state index is 0.781. The van der Waals surface area contributed by atoms with Crippen LogP contribution in [0.1, 0.15) is 19.8 Å². The smallest absolute Gasteiger partial charge is 0.133 e. The van der Waals surface area contributed by atoms with Crippen LogP contribution in [0.5, 0.6) is 5.75 Å². The molecular formula is C20H20OS. The molecule has 0 aliphatic heterocycles. The van der Waals surface area contributed by atoms with Crippen LogP contribution in [0.25, 0.3) is 10.8 Å². The first-order chi connectivity index (χ1) is 10.9. The van der Waals surface area contributed by atoms with Crippen molar-refractivity contribution >= 4 is 22.5 Å². The minimum absolute atomic E-state index is 0.781. The highest BCUT2D eigenvalue weighted by Gasteiger charge is 2.07. The molecular weight excluding hydrogens is 288 g/mol. The van der Waals surface area contributed by atoms with Gasteiger partial charge in [0.25, 0.3) is 0 Å². The van der Waals surface area contributed by atoms with E-state index >= 15 is 0 Å². The van der Waals surface area contributed by atoms with Gasteiger partial charge in [0.05, 0.1) is 11.5 Å². The van der Waals surface area contributed by atoms with E-state index in [2.05, 4.69) is 67.6 Å². The van der Waals surface area contributed by atoms with Crippen molar-refractivity contribution < 1.29 is 4.74 Å². The molecule has 0 saturated heterocycles. The van der Waals surface area contributed by atoms with Crippen molar-refractivity contribution in [1.82, 2.24) is 0 Å². The van der Waals surface area contributed by atoms with Crippen LogP contribution in [0.3, 0.4) is 0 Å². The summed E-state index contributed by atoms with van der Waals surface area (Å²) in [7, 11) is 0. The van der Waals surface area contributed by atoms with Crippen molar-refractivity contribution in [3.63, 3.8) is 0 Å². The second-order valence-electron chi connectivity index (χ2n) is 5.23. The molecule has 112 valence electrons. The fourth-order valence-corrected chi connectivity index (χ4v) is 3.44. The van der Waals surface area contributed by atoms with Crippen molar-refractivity contribution in [3.8, 4) is 5.75 Å². The molecule has 0 unspecified atom stereocenters. The van der Waals surface area contributed by atoms with Gasteiger partial charge in [0.15, 0.2) is 0 Å². The summed E-state index contributed by atoms with van der Waals surface area (Å²) >= 11 is 1.78. The molecule has 2 heteroatoms. The quantitative estimate of drug-likeness (QED) is 0.504. The van der Waals surface area contributed by atoms with Gasteiger partial charge >= 0.3 is 0 Å². The van der Waals surface area contributed by atoms with Crippen LogP contribution in [0.4, 0.5) is 0 Å². The Bertz CT molecular complexity index is 746. The van der Waals surface area contributed by atoms with E-state index in [1.807, 2.05) is 6.07 Å². The summed E-state index contributed by atoms with van der Waals surface area (Å²) in [4.78, 5) is 2.44. The summed E-state index contributed by atoms with van der Waals surface area (Å²) in [5.74, 6) is 0.980. The number of hydrogen-bond donors (Lipinski definition) is 0. The maximum Gasteiger partial charge on any atom is 0.133 e. The van der Waals surface area contributed by atoms with Crippen LogP contribution >= 0.6 is 11.8 Å². The number of rotatable bonds is 6. The molecule has 1 nitrogen and oxygen atoms in total. The average Bonchev–Trinajstić information content (AvgIpc) is 2.57. The maximum absolute atomic E-state index is 5.94. The van der Waals surface area contributed by atoms with Crippen molar-refractivity contribution in [2.75, 3.05) is 6.61 Å². The summed E-state index contributed by atoms with van der Waals surface area (Å²) < 4.78 is 5.94. The number of benzene rings is 3. The third-order valence-corrected chi connectivity index (χ3v) is 4.71. The average molecular weight is 308 g/mol. The second-order valence-corrected chi connectivity index (χ2v) is 6.31. The van der Waals surface area contributed by atoms with Gasteiger partial charge in [0.2, 0.25) is 0 Å². The molecule has 22 heavy (non-hydrogen) atoms. The molecule has 0 spiro atoms. The zero-order valence-electron chi connectivity index (χ0n) is 12.8. The Hall–Kier alpha value is -1.93. The molecule has 3 rings (SSSR count). The molecule has 3 aromatic carbocycles. The minimum Gasteiger partial charge on any atom is -0.492 e. The standard InChI is InChI=1S/C20H20OS/c1-2-3-15-21-18-12-6-7-13-20(18)22-19-14-8-10-16-9-4-5-11-17(16)19/h4-14H,2-3,15H2,1H3. The Kier molecular flexibility index (Phi) is 5.02. The zero-order valence-corrected chi connectivity index (χ0v) is 13.6. The first kappa shape index (κ1) is 15.0. The number of para-hydroxylation sites is 1. The van der Waals surface area contributed by atoms with Crippen LogP contribution in [-0.4, -0.2) is 6.61 Å². The van der Waals surface area contributed by atoms with Gasteiger partial charge in [-0.15, -0.1) is 0 Å². The van der Waals surface area contributed by atoms with Gasteiger partial charge < -0.3 is 4.74 Å². The number of fused-ring (bicyclic) bond motifs is 1. The van der Waals surface area contributed by atoms with Crippen molar-refractivity contribution in [3.05, 3.63) is 66.7 Å². The molecule has 0 saturated carbocycles. The normalized spacial score (nSPS) is 10.8. The third-order valence-electron chi connectivity index (χ3n) is 3.57. The van der Waals surface area contributed by atoms with Gasteiger partial charge in [-0.25, -0.2) is 0 Å². The van der Waals surface area contributed by atoms with E-state index in [1.165, 1.54) is 20.6 Å². The van der Waals surface area contributed by atoms with E-state index in [9.17, 15) is 0 Å². The van der Waals surface area contributed by atoms with Crippen LogP contribution < -0.4 is 4.74 Å². The molecule has 0 heterocycles.